The van der Waals surface area contributed by atoms with E-state index in [0.29, 0.717) is 26.4 Å². The topological polar surface area (TPSA) is 26.3 Å². The van der Waals surface area contributed by atoms with Gasteiger partial charge in [-0.1, -0.05) is 46.4 Å². The Morgan fingerprint density at radius 1 is 0.900 bits per heavy atom. The van der Waals surface area contributed by atoms with Gasteiger partial charge in [0.2, 0.25) is 5.78 Å². The van der Waals surface area contributed by atoms with E-state index in [2.05, 4.69) is 0 Å². The smallest absolute Gasteiger partial charge is 0.201 e. The van der Waals surface area contributed by atoms with Crippen molar-refractivity contribution < 1.29 is 9.53 Å². The van der Waals surface area contributed by atoms with Crippen LogP contribution < -0.4 is 4.74 Å². The number of Topliss-reactive ketones (excluding diaryl/α,β-unsaturated/α-hetero) is 1. The Balaban J connectivity index is 2.08. The van der Waals surface area contributed by atoms with Crippen molar-refractivity contribution in [2.24, 2.45) is 0 Å². The largest absolute Gasteiger partial charge is 0.484 e. The predicted octanol–water partition coefficient (Wildman–Crippen LogP) is 5.56. The SMILES string of the molecule is O=C(COc1ccc(Cl)cc1Cl)c1ccc(Cl)cc1Cl. The summed E-state index contributed by atoms with van der Waals surface area (Å²) in [7, 11) is 0. The van der Waals surface area contributed by atoms with Gasteiger partial charge >= 0.3 is 0 Å². The summed E-state index contributed by atoms with van der Waals surface area (Å²) in [5.74, 6) is 0.118. The highest BCUT2D eigenvalue weighted by atomic mass is 35.5. The van der Waals surface area contributed by atoms with Crippen LogP contribution in [0.5, 0.6) is 5.75 Å². The first-order valence-electron chi connectivity index (χ1n) is 5.53. The van der Waals surface area contributed by atoms with E-state index < -0.39 is 0 Å². The molecule has 0 radical (unpaired) electrons. The summed E-state index contributed by atoms with van der Waals surface area (Å²) in [5.41, 5.74) is 0.348. The minimum absolute atomic E-state index is 0.178. The minimum Gasteiger partial charge on any atom is -0.484 e. The average Bonchev–Trinajstić information content (AvgIpc) is 2.37. The molecule has 104 valence electrons. The molecular weight excluding hydrogens is 342 g/mol. The van der Waals surface area contributed by atoms with Gasteiger partial charge in [0.05, 0.1) is 10.0 Å². The van der Waals surface area contributed by atoms with Gasteiger partial charge in [0.15, 0.2) is 6.61 Å². The van der Waals surface area contributed by atoms with Crippen LogP contribution in [0.1, 0.15) is 10.4 Å². The van der Waals surface area contributed by atoms with Crippen LogP contribution in [0, 0.1) is 0 Å². The Labute approximate surface area is 136 Å². The van der Waals surface area contributed by atoms with E-state index in [-0.39, 0.29) is 17.4 Å². The average molecular weight is 350 g/mol. The summed E-state index contributed by atoms with van der Waals surface area (Å²) in [6.45, 7) is -0.178. The molecule has 0 heterocycles. The molecule has 0 aliphatic rings. The van der Waals surface area contributed by atoms with E-state index in [1.54, 1.807) is 24.3 Å². The zero-order chi connectivity index (χ0) is 14.7. The molecule has 0 atom stereocenters. The summed E-state index contributed by atoms with van der Waals surface area (Å²) in [5, 5.41) is 1.59. The van der Waals surface area contributed by atoms with Gasteiger partial charge in [0.1, 0.15) is 5.75 Å². The van der Waals surface area contributed by atoms with E-state index in [4.69, 9.17) is 51.1 Å². The molecule has 2 aromatic rings. The van der Waals surface area contributed by atoms with Gasteiger partial charge < -0.3 is 4.74 Å². The molecule has 0 bridgehead atoms. The van der Waals surface area contributed by atoms with Crippen molar-refractivity contribution in [2.75, 3.05) is 6.61 Å². The molecule has 2 aromatic carbocycles. The molecule has 2 nitrogen and oxygen atoms in total. The normalized spacial score (nSPS) is 10.4. The van der Waals surface area contributed by atoms with Crippen LogP contribution in [-0.2, 0) is 0 Å². The molecule has 0 aromatic heterocycles. The molecule has 0 spiro atoms. The quantitative estimate of drug-likeness (QED) is 0.675. The molecule has 0 unspecified atom stereocenters. The number of carbonyl (C=O) groups is 1. The monoisotopic (exact) mass is 348 g/mol. The second-order valence-corrected chi connectivity index (χ2v) is 5.60. The maximum absolute atomic E-state index is 12.0. The number of benzene rings is 2. The van der Waals surface area contributed by atoms with E-state index in [9.17, 15) is 4.79 Å². The number of ether oxygens (including phenoxy) is 1. The lowest BCUT2D eigenvalue weighted by Crippen LogP contribution is -2.12. The van der Waals surface area contributed by atoms with E-state index >= 15 is 0 Å². The zero-order valence-corrected chi connectivity index (χ0v) is 13.0. The summed E-state index contributed by atoms with van der Waals surface area (Å²) >= 11 is 23.4. The number of carbonyl (C=O) groups excluding carboxylic acids is 1. The minimum atomic E-state index is -0.266. The van der Waals surface area contributed by atoms with Gasteiger partial charge in [0.25, 0.3) is 0 Å². The fourth-order valence-electron chi connectivity index (χ4n) is 1.53. The number of hydrogen-bond acceptors (Lipinski definition) is 2. The highest BCUT2D eigenvalue weighted by Crippen LogP contribution is 2.28. The van der Waals surface area contributed by atoms with Crippen molar-refractivity contribution in [1.29, 1.82) is 0 Å². The molecule has 0 N–H and O–H groups in total. The van der Waals surface area contributed by atoms with Crippen molar-refractivity contribution in [2.45, 2.75) is 0 Å². The molecular formula is C14H8Cl4O2. The van der Waals surface area contributed by atoms with Gasteiger partial charge in [-0.15, -0.1) is 0 Å². The van der Waals surface area contributed by atoms with Crippen LogP contribution in [-0.4, -0.2) is 12.4 Å². The first kappa shape index (κ1) is 15.5. The fraction of sp³-hybridized carbons (Fsp3) is 0.0714. The van der Waals surface area contributed by atoms with Crippen LogP contribution >= 0.6 is 46.4 Å². The van der Waals surface area contributed by atoms with Crippen molar-refractivity contribution in [1.82, 2.24) is 0 Å². The Hall–Kier alpha value is -0.930. The van der Waals surface area contributed by atoms with Crippen LogP contribution in [0.4, 0.5) is 0 Å². The molecule has 0 amide bonds. The standard InChI is InChI=1S/C14H8Cl4O2/c15-8-1-3-10(11(17)5-8)13(19)7-20-14-4-2-9(16)6-12(14)18/h1-6H,7H2. The van der Waals surface area contributed by atoms with Crippen molar-refractivity contribution in [3.8, 4) is 5.75 Å². The third kappa shape index (κ3) is 3.80. The van der Waals surface area contributed by atoms with Gasteiger partial charge in [-0.05, 0) is 36.4 Å². The van der Waals surface area contributed by atoms with Crippen LogP contribution in [0.3, 0.4) is 0 Å². The van der Waals surface area contributed by atoms with E-state index in [1.165, 1.54) is 12.1 Å². The molecule has 2 rings (SSSR count). The fourth-order valence-corrected chi connectivity index (χ4v) is 2.51. The molecule has 0 aliphatic heterocycles. The Morgan fingerprint density at radius 3 is 2.10 bits per heavy atom. The van der Waals surface area contributed by atoms with Crippen LogP contribution in [0.2, 0.25) is 20.1 Å². The molecule has 0 saturated heterocycles. The number of ketones is 1. The first-order valence-corrected chi connectivity index (χ1v) is 7.04. The molecule has 6 heteroatoms. The van der Waals surface area contributed by atoms with Gasteiger partial charge in [0, 0.05) is 15.6 Å². The van der Waals surface area contributed by atoms with E-state index in [1.807, 2.05) is 0 Å². The predicted molar refractivity (Wildman–Crippen MR) is 82.7 cm³/mol. The first-order chi connectivity index (χ1) is 9.47. The third-order valence-corrected chi connectivity index (χ3v) is 3.56. The highest BCUT2D eigenvalue weighted by Gasteiger charge is 2.12. The lowest BCUT2D eigenvalue weighted by molar-refractivity contribution is 0.0922. The van der Waals surface area contributed by atoms with Crippen molar-refractivity contribution >= 4 is 52.2 Å². The summed E-state index contributed by atoms with van der Waals surface area (Å²) in [6.07, 6.45) is 0. The highest BCUT2D eigenvalue weighted by molar-refractivity contribution is 6.37. The van der Waals surface area contributed by atoms with Crippen molar-refractivity contribution in [3.63, 3.8) is 0 Å². The summed E-state index contributed by atoms with van der Waals surface area (Å²) in [4.78, 5) is 12.0. The molecule has 20 heavy (non-hydrogen) atoms. The second-order valence-electron chi connectivity index (χ2n) is 3.91. The number of rotatable bonds is 4. The van der Waals surface area contributed by atoms with Crippen LogP contribution in [0.15, 0.2) is 36.4 Å². The lowest BCUT2D eigenvalue weighted by Gasteiger charge is -2.08. The lowest BCUT2D eigenvalue weighted by atomic mass is 10.1. The van der Waals surface area contributed by atoms with E-state index in [0.717, 1.165) is 0 Å². The Morgan fingerprint density at radius 2 is 1.50 bits per heavy atom. The number of hydrogen-bond donors (Lipinski definition) is 0. The maximum atomic E-state index is 12.0. The van der Waals surface area contributed by atoms with Gasteiger partial charge in [-0.25, -0.2) is 0 Å². The Bertz CT molecular complexity index is 656. The maximum Gasteiger partial charge on any atom is 0.201 e. The zero-order valence-electron chi connectivity index (χ0n) is 10.00. The summed E-state index contributed by atoms with van der Waals surface area (Å²) in [6, 6.07) is 9.42. The van der Waals surface area contributed by atoms with Gasteiger partial charge in [-0.2, -0.15) is 0 Å². The van der Waals surface area contributed by atoms with Crippen LogP contribution in [0.25, 0.3) is 0 Å². The molecule has 0 saturated carbocycles. The molecule has 0 fully saturated rings. The Kier molecular flexibility index (Phi) is 5.17. The molecule has 0 aliphatic carbocycles. The third-order valence-electron chi connectivity index (χ3n) is 2.48. The summed E-state index contributed by atoms with van der Waals surface area (Å²) < 4.78 is 5.36. The van der Waals surface area contributed by atoms with Crippen molar-refractivity contribution in [3.05, 3.63) is 62.1 Å². The number of halogens is 4. The van der Waals surface area contributed by atoms with Gasteiger partial charge in [-0.3, -0.25) is 4.79 Å². The second kappa shape index (κ2) is 6.68.